The summed E-state index contributed by atoms with van der Waals surface area (Å²) in [6.07, 6.45) is -4.85. The van der Waals surface area contributed by atoms with Crippen LogP contribution in [0.1, 0.15) is 5.56 Å². The normalized spacial score (nSPS) is 11.7. The van der Waals surface area contributed by atoms with Crippen LogP contribution >= 0.6 is 11.9 Å². The van der Waals surface area contributed by atoms with E-state index >= 15 is 0 Å². The molecule has 11 heteroatoms. The minimum atomic E-state index is -4.85. The summed E-state index contributed by atoms with van der Waals surface area (Å²) in [6.45, 7) is 0. The molecule has 0 aliphatic heterocycles. The molecule has 0 spiro atoms. The van der Waals surface area contributed by atoms with Crippen LogP contribution in [0.15, 0.2) is 23.0 Å². The van der Waals surface area contributed by atoms with E-state index in [1.807, 2.05) is 0 Å². The van der Waals surface area contributed by atoms with Gasteiger partial charge >= 0.3 is 12.1 Å². The van der Waals surface area contributed by atoms with Crippen molar-refractivity contribution >= 4 is 11.9 Å². The fourth-order valence-electron chi connectivity index (χ4n) is 1.67. The van der Waals surface area contributed by atoms with Crippen molar-refractivity contribution in [2.75, 3.05) is 0 Å². The highest BCUT2D eigenvalue weighted by Gasteiger charge is 2.32. The van der Waals surface area contributed by atoms with Crippen LogP contribution in [0.25, 0.3) is 5.69 Å². The summed E-state index contributed by atoms with van der Waals surface area (Å²) >= 11 is 0.799. The molecule has 0 fully saturated rings. The Morgan fingerprint density at radius 1 is 1.38 bits per heavy atom. The molecule has 0 amide bonds. The van der Waals surface area contributed by atoms with Crippen molar-refractivity contribution in [3.8, 4) is 11.4 Å². The SMILES string of the molecule is Cn1nnn(-c2cccc(OC(F)(F)F)c2CSN)c1=O. The van der Waals surface area contributed by atoms with Crippen LogP contribution in [0.2, 0.25) is 0 Å². The van der Waals surface area contributed by atoms with Crippen LogP contribution in [0.4, 0.5) is 13.2 Å². The molecule has 1 heterocycles. The van der Waals surface area contributed by atoms with Gasteiger partial charge in [0.2, 0.25) is 0 Å². The number of benzene rings is 1. The first-order chi connectivity index (χ1) is 9.83. The molecule has 0 saturated heterocycles. The first kappa shape index (κ1) is 15.4. The number of aromatic nitrogens is 4. The Labute approximate surface area is 120 Å². The van der Waals surface area contributed by atoms with Crippen LogP contribution in [-0.4, -0.2) is 26.2 Å². The number of hydrogen-bond donors (Lipinski definition) is 1. The predicted octanol–water partition coefficient (Wildman–Crippen LogP) is 0.971. The molecule has 2 aromatic rings. The Hall–Kier alpha value is -2.01. The summed E-state index contributed by atoms with van der Waals surface area (Å²) < 4.78 is 43.0. The molecule has 21 heavy (non-hydrogen) atoms. The Kier molecular flexibility index (Phi) is 4.23. The van der Waals surface area contributed by atoms with E-state index in [0.717, 1.165) is 27.4 Å². The fraction of sp³-hybridized carbons (Fsp3) is 0.300. The van der Waals surface area contributed by atoms with Gasteiger partial charge in [0, 0.05) is 18.4 Å². The van der Waals surface area contributed by atoms with Gasteiger partial charge in [0.1, 0.15) is 5.75 Å². The van der Waals surface area contributed by atoms with E-state index in [9.17, 15) is 18.0 Å². The maximum Gasteiger partial charge on any atom is 0.573 e. The second-order valence-electron chi connectivity index (χ2n) is 3.91. The van der Waals surface area contributed by atoms with E-state index in [1.165, 1.54) is 19.2 Å². The summed E-state index contributed by atoms with van der Waals surface area (Å²) in [4.78, 5) is 11.8. The zero-order chi connectivity index (χ0) is 15.6. The fourth-order valence-corrected chi connectivity index (χ4v) is 2.12. The first-order valence-corrected chi connectivity index (χ1v) is 6.57. The molecular weight excluding hydrogens is 311 g/mol. The third kappa shape index (κ3) is 3.36. The standard InChI is InChI=1S/C10H10F3N5O2S/c1-17-9(19)18(16-15-17)7-3-2-4-8(6(7)5-21-14)20-10(11,12)13/h2-4H,5,14H2,1H3. The van der Waals surface area contributed by atoms with E-state index in [0.29, 0.717) is 0 Å². The highest BCUT2D eigenvalue weighted by Crippen LogP contribution is 2.31. The molecular formula is C10H10F3N5O2S. The van der Waals surface area contributed by atoms with Crippen molar-refractivity contribution in [3.63, 3.8) is 0 Å². The minimum Gasteiger partial charge on any atom is -0.405 e. The van der Waals surface area contributed by atoms with Gasteiger partial charge in [-0.05, 0) is 22.6 Å². The molecule has 1 aromatic carbocycles. The number of alkyl halides is 3. The third-order valence-electron chi connectivity index (χ3n) is 2.51. The van der Waals surface area contributed by atoms with Crippen LogP contribution in [-0.2, 0) is 12.8 Å². The van der Waals surface area contributed by atoms with Crippen molar-refractivity contribution in [1.82, 2.24) is 19.8 Å². The molecule has 0 aliphatic carbocycles. The maximum absolute atomic E-state index is 12.4. The number of ether oxygens (including phenoxy) is 1. The number of halogens is 3. The predicted molar refractivity (Wildman–Crippen MR) is 68.8 cm³/mol. The lowest BCUT2D eigenvalue weighted by Crippen LogP contribution is -2.24. The van der Waals surface area contributed by atoms with Gasteiger partial charge in [0.05, 0.1) is 5.69 Å². The summed E-state index contributed by atoms with van der Waals surface area (Å²) in [5.74, 6) is -0.430. The lowest BCUT2D eigenvalue weighted by molar-refractivity contribution is -0.274. The van der Waals surface area contributed by atoms with E-state index in [-0.39, 0.29) is 17.0 Å². The molecule has 1 aromatic heterocycles. The van der Waals surface area contributed by atoms with Crippen molar-refractivity contribution in [1.29, 1.82) is 0 Å². The van der Waals surface area contributed by atoms with E-state index in [1.54, 1.807) is 0 Å². The highest BCUT2D eigenvalue weighted by molar-refractivity contribution is 7.96. The Morgan fingerprint density at radius 2 is 2.10 bits per heavy atom. The topological polar surface area (TPSA) is 88.0 Å². The number of nitrogens with two attached hydrogens (primary N) is 1. The van der Waals surface area contributed by atoms with E-state index in [2.05, 4.69) is 15.2 Å². The van der Waals surface area contributed by atoms with Gasteiger partial charge in [-0.25, -0.2) is 4.79 Å². The van der Waals surface area contributed by atoms with Crippen molar-refractivity contribution < 1.29 is 17.9 Å². The molecule has 114 valence electrons. The van der Waals surface area contributed by atoms with Gasteiger partial charge in [-0.15, -0.1) is 13.2 Å². The molecule has 0 bridgehead atoms. The van der Waals surface area contributed by atoms with Crippen molar-refractivity contribution in [2.24, 2.45) is 12.2 Å². The average molecular weight is 321 g/mol. The van der Waals surface area contributed by atoms with Crippen molar-refractivity contribution in [2.45, 2.75) is 12.1 Å². The molecule has 0 atom stereocenters. The lowest BCUT2D eigenvalue weighted by Gasteiger charge is -2.15. The van der Waals surface area contributed by atoms with Gasteiger partial charge in [0.25, 0.3) is 0 Å². The molecule has 7 nitrogen and oxygen atoms in total. The van der Waals surface area contributed by atoms with Gasteiger partial charge in [0.15, 0.2) is 0 Å². The van der Waals surface area contributed by atoms with Gasteiger partial charge in [-0.3, -0.25) is 5.14 Å². The number of tetrazole rings is 1. The van der Waals surface area contributed by atoms with E-state index < -0.39 is 17.8 Å². The van der Waals surface area contributed by atoms with Crippen LogP contribution in [0.5, 0.6) is 5.75 Å². The smallest absolute Gasteiger partial charge is 0.405 e. The van der Waals surface area contributed by atoms with E-state index in [4.69, 9.17) is 5.14 Å². The lowest BCUT2D eigenvalue weighted by atomic mass is 10.2. The summed E-state index contributed by atoms with van der Waals surface area (Å²) in [5, 5.41) is 12.4. The Balaban J connectivity index is 2.58. The van der Waals surface area contributed by atoms with Crippen molar-refractivity contribution in [3.05, 3.63) is 34.2 Å². The zero-order valence-electron chi connectivity index (χ0n) is 10.7. The van der Waals surface area contributed by atoms with Gasteiger partial charge in [-0.1, -0.05) is 18.0 Å². The second-order valence-corrected chi connectivity index (χ2v) is 4.53. The van der Waals surface area contributed by atoms with Crippen LogP contribution in [0.3, 0.4) is 0 Å². The van der Waals surface area contributed by atoms with Gasteiger partial charge in [-0.2, -0.15) is 9.36 Å². The highest BCUT2D eigenvalue weighted by atomic mass is 32.2. The minimum absolute atomic E-state index is 0.00456. The van der Waals surface area contributed by atoms with Crippen LogP contribution < -0.4 is 15.6 Å². The van der Waals surface area contributed by atoms with Crippen LogP contribution in [0, 0.1) is 0 Å². The Morgan fingerprint density at radius 3 is 2.62 bits per heavy atom. The average Bonchev–Trinajstić information content (AvgIpc) is 2.71. The summed E-state index contributed by atoms with van der Waals surface area (Å²) in [6, 6.07) is 3.90. The Bertz CT molecular complexity index is 697. The zero-order valence-corrected chi connectivity index (χ0v) is 11.5. The molecule has 0 radical (unpaired) electrons. The summed E-state index contributed by atoms with van der Waals surface area (Å²) in [5.41, 5.74) is -0.361. The molecule has 2 rings (SSSR count). The quantitative estimate of drug-likeness (QED) is 0.844. The molecule has 0 saturated carbocycles. The third-order valence-corrected chi connectivity index (χ3v) is 2.97. The first-order valence-electron chi connectivity index (χ1n) is 5.52. The largest absolute Gasteiger partial charge is 0.573 e. The number of rotatable bonds is 4. The monoisotopic (exact) mass is 321 g/mol. The number of nitrogens with zero attached hydrogens (tertiary/aromatic N) is 4. The maximum atomic E-state index is 12.4. The number of aryl methyl sites for hydroxylation is 1. The molecule has 0 aliphatic rings. The molecule has 2 N–H and O–H groups in total. The number of hydrogen-bond acceptors (Lipinski definition) is 6. The second kappa shape index (κ2) is 5.77. The van der Waals surface area contributed by atoms with Gasteiger partial charge < -0.3 is 4.74 Å². The summed E-state index contributed by atoms with van der Waals surface area (Å²) in [7, 11) is 1.37. The molecule has 0 unspecified atom stereocenters.